The highest BCUT2D eigenvalue weighted by Crippen LogP contribution is 2.40. The van der Waals surface area contributed by atoms with Gasteiger partial charge in [0, 0.05) is 24.4 Å². The monoisotopic (exact) mass is 535 g/mol. The van der Waals surface area contributed by atoms with Crippen LogP contribution in [-0.2, 0) is 17.8 Å². The predicted molar refractivity (Wildman–Crippen MR) is 146 cm³/mol. The number of hydrogen-bond donors (Lipinski definition) is 1. The Bertz CT molecular complexity index is 1280. The summed E-state index contributed by atoms with van der Waals surface area (Å²) < 4.78 is 19.9. The van der Waals surface area contributed by atoms with Gasteiger partial charge in [-0.15, -0.1) is 11.3 Å². The van der Waals surface area contributed by atoms with Crippen molar-refractivity contribution in [3.63, 3.8) is 0 Å². The number of halogens is 1. The van der Waals surface area contributed by atoms with Crippen LogP contribution < -0.4 is 10.1 Å². The van der Waals surface area contributed by atoms with E-state index >= 15 is 0 Å². The van der Waals surface area contributed by atoms with Crippen molar-refractivity contribution < 1.29 is 18.7 Å². The Morgan fingerprint density at radius 1 is 1.16 bits per heavy atom. The Hall–Kier alpha value is -3.26. The standard InChI is InChI=1S/C30H34FN3O3S/c1-19(2)16-32-29(35)26-18-38-27(33-26)17-37-24-12-9-20-13-14-34(30(36)22-5-3-4-6-22)28(25(20)15-24)21-7-10-23(31)11-8-21/h7-12,15,18-19,22,28H,3-6,13-14,16-17H2,1-2H3,(H,32,35)/t28-/m1/s1. The second kappa shape index (κ2) is 11.6. The molecule has 1 aliphatic heterocycles. The van der Waals surface area contributed by atoms with Crippen LogP contribution in [0.25, 0.3) is 0 Å². The van der Waals surface area contributed by atoms with E-state index in [1.165, 1.54) is 29.0 Å². The molecule has 2 aliphatic rings. The van der Waals surface area contributed by atoms with Crippen molar-refractivity contribution in [2.45, 2.75) is 58.6 Å². The summed E-state index contributed by atoms with van der Waals surface area (Å²) in [6.45, 7) is 5.58. The van der Waals surface area contributed by atoms with Crippen molar-refractivity contribution in [2.24, 2.45) is 11.8 Å². The highest BCUT2D eigenvalue weighted by Gasteiger charge is 2.36. The molecule has 6 nitrogen and oxygen atoms in total. The van der Waals surface area contributed by atoms with Gasteiger partial charge in [0.05, 0.1) is 6.04 Å². The summed E-state index contributed by atoms with van der Waals surface area (Å²) in [5.74, 6) is 0.829. The molecule has 1 atom stereocenters. The second-order valence-electron chi connectivity index (χ2n) is 10.6. The van der Waals surface area contributed by atoms with Crippen LogP contribution in [0.3, 0.4) is 0 Å². The summed E-state index contributed by atoms with van der Waals surface area (Å²) in [7, 11) is 0. The number of ether oxygens (including phenoxy) is 1. The van der Waals surface area contributed by atoms with Crippen molar-refractivity contribution in [1.82, 2.24) is 15.2 Å². The van der Waals surface area contributed by atoms with E-state index in [9.17, 15) is 14.0 Å². The molecule has 200 valence electrons. The van der Waals surface area contributed by atoms with Gasteiger partial charge in [0.25, 0.3) is 5.91 Å². The van der Waals surface area contributed by atoms with Crippen LogP contribution in [0, 0.1) is 17.7 Å². The van der Waals surface area contributed by atoms with Gasteiger partial charge in [-0.1, -0.05) is 44.9 Å². The molecule has 1 aliphatic carbocycles. The van der Waals surface area contributed by atoms with Crippen LogP contribution >= 0.6 is 11.3 Å². The van der Waals surface area contributed by atoms with Gasteiger partial charge in [0.2, 0.25) is 5.91 Å². The van der Waals surface area contributed by atoms with Gasteiger partial charge in [-0.3, -0.25) is 9.59 Å². The van der Waals surface area contributed by atoms with E-state index in [1.54, 1.807) is 17.5 Å². The van der Waals surface area contributed by atoms with E-state index in [0.717, 1.165) is 43.2 Å². The molecule has 1 N–H and O–H groups in total. The number of aromatic nitrogens is 1. The van der Waals surface area contributed by atoms with Crippen LogP contribution in [0.15, 0.2) is 47.8 Å². The van der Waals surface area contributed by atoms with E-state index in [4.69, 9.17) is 4.74 Å². The zero-order chi connectivity index (χ0) is 26.6. The van der Waals surface area contributed by atoms with Crippen molar-refractivity contribution in [2.75, 3.05) is 13.1 Å². The van der Waals surface area contributed by atoms with Crippen LogP contribution in [0.2, 0.25) is 0 Å². The summed E-state index contributed by atoms with van der Waals surface area (Å²) >= 11 is 1.39. The normalized spacial score (nSPS) is 17.5. The topological polar surface area (TPSA) is 71.5 Å². The van der Waals surface area contributed by atoms with Crippen molar-refractivity contribution in [3.8, 4) is 5.75 Å². The number of amides is 2. The Balaban J connectivity index is 1.36. The number of rotatable bonds is 8. The fourth-order valence-electron chi connectivity index (χ4n) is 5.35. The van der Waals surface area contributed by atoms with E-state index in [1.807, 2.05) is 30.9 Å². The Morgan fingerprint density at radius 3 is 2.66 bits per heavy atom. The third-order valence-electron chi connectivity index (χ3n) is 7.34. The van der Waals surface area contributed by atoms with Gasteiger partial charge < -0.3 is 15.0 Å². The molecule has 8 heteroatoms. The molecule has 1 fully saturated rings. The first-order chi connectivity index (χ1) is 18.4. The van der Waals surface area contributed by atoms with Crippen LogP contribution in [0.1, 0.15) is 77.8 Å². The third kappa shape index (κ3) is 5.90. The predicted octanol–water partition coefficient (Wildman–Crippen LogP) is 5.91. The highest BCUT2D eigenvalue weighted by molar-refractivity contribution is 7.09. The molecule has 0 spiro atoms. The lowest BCUT2D eigenvalue weighted by molar-refractivity contribution is -0.137. The van der Waals surface area contributed by atoms with Crippen LogP contribution in [0.5, 0.6) is 5.75 Å². The lowest BCUT2D eigenvalue weighted by Crippen LogP contribution is -2.43. The number of thiazole rings is 1. The molecular weight excluding hydrogens is 501 g/mol. The smallest absolute Gasteiger partial charge is 0.270 e. The van der Waals surface area contributed by atoms with E-state index in [0.29, 0.717) is 35.5 Å². The summed E-state index contributed by atoms with van der Waals surface area (Å²) in [6.07, 6.45) is 4.84. The number of fused-ring (bicyclic) bond motifs is 1. The molecule has 3 aromatic rings. The first kappa shape index (κ1) is 26.4. The minimum atomic E-state index is -0.295. The maximum absolute atomic E-state index is 13.8. The quantitative estimate of drug-likeness (QED) is 0.389. The number of hydrogen-bond acceptors (Lipinski definition) is 5. The van der Waals surface area contributed by atoms with Gasteiger partial charge in [0.15, 0.2) is 0 Å². The highest BCUT2D eigenvalue weighted by atomic mass is 32.1. The minimum absolute atomic E-state index is 0.0655. The molecule has 0 saturated heterocycles. The largest absolute Gasteiger partial charge is 0.486 e. The number of carbonyl (C=O) groups is 2. The zero-order valence-corrected chi connectivity index (χ0v) is 22.7. The van der Waals surface area contributed by atoms with E-state index in [2.05, 4.69) is 16.4 Å². The summed E-state index contributed by atoms with van der Waals surface area (Å²) in [4.78, 5) is 32.3. The van der Waals surface area contributed by atoms with Crippen LogP contribution in [0.4, 0.5) is 4.39 Å². The van der Waals surface area contributed by atoms with Gasteiger partial charge >= 0.3 is 0 Å². The molecule has 0 bridgehead atoms. The first-order valence-electron chi connectivity index (χ1n) is 13.4. The maximum Gasteiger partial charge on any atom is 0.270 e. The fraction of sp³-hybridized carbons (Fsp3) is 0.433. The number of benzene rings is 2. The van der Waals surface area contributed by atoms with Gasteiger partial charge in [-0.2, -0.15) is 0 Å². The van der Waals surface area contributed by atoms with Crippen LogP contribution in [-0.4, -0.2) is 34.8 Å². The molecule has 2 heterocycles. The summed E-state index contributed by atoms with van der Waals surface area (Å²) in [5, 5.41) is 5.35. The van der Waals surface area contributed by atoms with E-state index < -0.39 is 0 Å². The van der Waals surface area contributed by atoms with Crippen molar-refractivity contribution in [1.29, 1.82) is 0 Å². The summed E-state index contributed by atoms with van der Waals surface area (Å²) in [5.41, 5.74) is 3.48. The van der Waals surface area contributed by atoms with Gasteiger partial charge in [-0.25, -0.2) is 9.37 Å². The van der Waals surface area contributed by atoms with Gasteiger partial charge in [-0.05, 0) is 66.1 Å². The summed E-state index contributed by atoms with van der Waals surface area (Å²) in [6, 6.07) is 12.2. The SMILES string of the molecule is CC(C)CNC(=O)c1csc(COc2ccc3c(c2)[C@@H](c2ccc(F)cc2)N(C(=O)C2CCCC2)CC3)n1. The minimum Gasteiger partial charge on any atom is -0.486 e. The second-order valence-corrected chi connectivity index (χ2v) is 11.5. The molecule has 2 amide bonds. The molecule has 1 saturated carbocycles. The number of nitrogens with one attached hydrogen (secondary N) is 1. The zero-order valence-electron chi connectivity index (χ0n) is 21.9. The Morgan fingerprint density at radius 2 is 1.92 bits per heavy atom. The molecule has 38 heavy (non-hydrogen) atoms. The molecule has 1 aromatic heterocycles. The average molecular weight is 536 g/mol. The first-order valence-corrected chi connectivity index (χ1v) is 14.3. The lowest BCUT2D eigenvalue weighted by Gasteiger charge is -2.39. The molecular formula is C30H34FN3O3S. The lowest BCUT2D eigenvalue weighted by atomic mass is 9.87. The number of nitrogens with zero attached hydrogens (tertiary/aromatic N) is 2. The van der Waals surface area contributed by atoms with Crippen molar-refractivity contribution >= 4 is 23.2 Å². The van der Waals surface area contributed by atoms with Gasteiger partial charge in [0.1, 0.15) is 28.9 Å². The average Bonchev–Trinajstić information content (AvgIpc) is 3.63. The van der Waals surface area contributed by atoms with E-state index in [-0.39, 0.29) is 36.2 Å². The fourth-order valence-corrected chi connectivity index (χ4v) is 6.03. The third-order valence-corrected chi connectivity index (χ3v) is 8.16. The molecule has 5 rings (SSSR count). The molecule has 0 unspecified atom stereocenters. The van der Waals surface area contributed by atoms with Crippen molar-refractivity contribution in [3.05, 3.63) is 81.1 Å². The Labute approximate surface area is 227 Å². The number of carbonyl (C=O) groups excluding carboxylic acids is 2. The molecule has 0 radical (unpaired) electrons. The Kier molecular flexibility index (Phi) is 8.07. The molecule has 2 aromatic carbocycles. The maximum atomic E-state index is 13.8.